The highest BCUT2D eigenvalue weighted by molar-refractivity contribution is 5.74. The highest BCUT2D eigenvalue weighted by atomic mass is 16.5. The van der Waals surface area contributed by atoms with Gasteiger partial charge in [-0.05, 0) is 103 Å². The van der Waals surface area contributed by atoms with E-state index in [0.717, 1.165) is 42.3 Å². The van der Waals surface area contributed by atoms with Crippen molar-refractivity contribution in [3.8, 4) is 0 Å². The Bertz CT molecular complexity index is 902. The van der Waals surface area contributed by atoms with Crippen LogP contribution in [0.3, 0.4) is 0 Å². The van der Waals surface area contributed by atoms with Crippen LogP contribution in [-0.2, 0) is 9.53 Å². The van der Waals surface area contributed by atoms with Crippen LogP contribution in [0.1, 0.15) is 86.0 Å². The smallest absolute Gasteiger partial charge is 0.145 e. The molecule has 0 amide bonds. The molecule has 0 aliphatic heterocycles. The lowest BCUT2D eigenvalue weighted by Crippen LogP contribution is -2.59. The normalized spacial score (nSPS) is 31.7. The van der Waals surface area contributed by atoms with Crippen molar-refractivity contribution in [3.05, 3.63) is 58.7 Å². The molecular formula is C32H50O5. The van der Waals surface area contributed by atoms with Gasteiger partial charge >= 0.3 is 0 Å². The zero-order valence-electron chi connectivity index (χ0n) is 23.8. The third-order valence-corrected chi connectivity index (χ3v) is 8.65. The molecule has 1 spiro atoms. The van der Waals surface area contributed by atoms with Crippen LogP contribution in [0.4, 0.5) is 0 Å². The molecule has 2 aliphatic rings. The van der Waals surface area contributed by atoms with Gasteiger partial charge in [-0.1, -0.05) is 47.6 Å². The second kappa shape index (κ2) is 14.4. The summed E-state index contributed by atoms with van der Waals surface area (Å²) >= 11 is 0. The Kier molecular flexibility index (Phi) is 12.2. The van der Waals surface area contributed by atoms with Crippen molar-refractivity contribution in [2.24, 2.45) is 17.3 Å². The van der Waals surface area contributed by atoms with Gasteiger partial charge in [0.05, 0.1) is 18.3 Å². The molecule has 0 aromatic carbocycles. The molecular weight excluding hydrogens is 464 g/mol. The molecule has 5 heteroatoms. The summed E-state index contributed by atoms with van der Waals surface area (Å²) in [4.78, 5) is 11.8. The lowest BCUT2D eigenvalue weighted by atomic mass is 9.52. The minimum Gasteiger partial charge on any atom is -0.396 e. The van der Waals surface area contributed by atoms with Crippen LogP contribution in [0, 0.1) is 17.3 Å². The number of hydrogen-bond donors (Lipinski definition) is 3. The average Bonchev–Trinajstić information content (AvgIpc) is 3.19. The third kappa shape index (κ3) is 7.41. The van der Waals surface area contributed by atoms with Crippen molar-refractivity contribution in [2.75, 3.05) is 19.8 Å². The summed E-state index contributed by atoms with van der Waals surface area (Å²) in [5.74, 6) is -0.318. The molecule has 0 unspecified atom stereocenters. The van der Waals surface area contributed by atoms with Gasteiger partial charge in [0.1, 0.15) is 6.29 Å². The Hall–Kier alpha value is -1.79. The predicted octanol–water partition coefficient (Wildman–Crippen LogP) is 6.01. The zero-order valence-corrected chi connectivity index (χ0v) is 23.8. The molecule has 0 aromatic heterocycles. The molecule has 2 aliphatic carbocycles. The summed E-state index contributed by atoms with van der Waals surface area (Å²) in [7, 11) is 0. The summed E-state index contributed by atoms with van der Waals surface area (Å²) in [5, 5.41) is 33.4. The van der Waals surface area contributed by atoms with Gasteiger partial charge in [0.2, 0.25) is 0 Å². The summed E-state index contributed by atoms with van der Waals surface area (Å²) < 4.78 is 5.81. The zero-order chi connectivity index (χ0) is 27.6. The van der Waals surface area contributed by atoms with E-state index in [1.54, 1.807) is 0 Å². The summed E-state index contributed by atoms with van der Waals surface area (Å²) in [6.45, 7) is 15.0. The molecule has 2 saturated carbocycles. The van der Waals surface area contributed by atoms with E-state index >= 15 is 0 Å². The monoisotopic (exact) mass is 514 g/mol. The first kappa shape index (κ1) is 31.4. The van der Waals surface area contributed by atoms with Gasteiger partial charge in [-0.3, -0.25) is 4.79 Å². The van der Waals surface area contributed by atoms with Gasteiger partial charge in [0, 0.05) is 24.5 Å². The number of aldehydes is 1. The maximum Gasteiger partial charge on any atom is 0.145 e. The van der Waals surface area contributed by atoms with Crippen LogP contribution in [-0.4, -0.2) is 53.1 Å². The Morgan fingerprint density at radius 2 is 1.97 bits per heavy atom. The number of rotatable bonds is 13. The fourth-order valence-electron chi connectivity index (χ4n) is 6.60. The van der Waals surface area contributed by atoms with Gasteiger partial charge in [-0.25, -0.2) is 0 Å². The van der Waals surface area contributed by atoms with Crippen molar-refractivity contribution >= 4 is 6.29 Å². The van der Waals surface area contributed by atoms with Gasteiger partial charge < -0.3 is 20.1 Å². The van der Waals surface area contributed by atoms with Crippen molar-refractivity contribution in [1.82, 2.24) is 0 Å². The molecule has 5 nitrogen and oxygen atoms in total. The number of aliphatic hydroxyl groups is 3. The molecule has 5 atom stereocenters. The van der Waals surface area contributed by atoms with E-state index in [0.29, 0.717) is 50.9 Å². The maximum absolute atomic E-state index is 12.0. The van der Waals surface area contributed by atoms with Gasteiger partial charge in [-0.15, -0.1) is 0 Å². The summed E-state index contributed by atoms with van der Waals surface area (Å²) in [6, 6.07) is 0. The fraction of sp³-hybridized carbons (Fsp3) is 0.656. The Balaban J connectivity index is 2.41. The Morgan fingerprint density at radius 3 is 2.59 bits per heavy atom. The van der Waals surface area contributed by atoms with E-state index in [-0.39, 0.29) is 18.4 Å². The first-order chi connectivity index (χ1) is 17.6. The first-order valence-electron chi connectivity index (χ1n) is 14.0. The van der Waals surface area contributed by atoms with Crippen molar-refractivity contribution in [1.29, 1.82) is 0 Å². The number of allylic oxidation sites excluding steroid dienone is 8. The largest absolute Gasteiger partial charge is 0.396 e. The molecule has 208 valence electrons. The van der Waals surface area contributed by atoms with Crippen LogP contribution >= 0.6 is 0 Å². The molecule has 37 heavy (non-hydrogen) atoms. The van der Waals surface area contributed by atoms with E-state index in [4.69, 9.17) is 4.74 Å². The molecule has 0 heterocycles. The Labute approximate surface area is 224 Å². The molecule has 0 saturated heterocycles. The van der Waals surface area contributed by atoms with Crippen LogP contribution in [0.2, 0.25) is 0 Å². The first-order valence-corrected chi connectivity index (χ1v) is 14.0. The summed E-state index contributed by atoms with van der Waals surface area (Å²) in [6.07, 6.45) is 14.0. The van der Waals surface area contributed by atoms with E-state index in [1.807, 2.05) is 39.0 Å². The van der Waals surface area contributed by atoms with Crippen LogP contribution in [0.5, 0.6) is 0 Å². The minimum absolute atomic E-state index is 0.0411. The highest BCUT2D eigenvalue weighted by Gasteiger charge is 2.63. The number of aliphatic hydroxyl groups excluding tert-OH is 2. The minimum atomic E-state index is -1.08. The van der Waals surface area contributed by atoms with Crippen molar-refractivity contribution in [3.63, 3.8) is 0 Å². The molecule has 0 aromatic rings. The molecule has 0 bridgehead atoms. The third-order valence-electron chi connectivity index (χ3n) is 8.65. The topological polar surface area (TPSA) is 87.0 Å². The second-order valence-corrected chi connectivity index (χ2v) is 11.4. The standard InChI is InChI=1S/C32H50O5/c1-7-37-22-26(14-9-13-24(4)12-8-11-23(2)3)28-17-19-32(30(28)35)29(15-10-20-33)27(25(5)21-34)16-18-31(32,6)36/h9,11,13-14,21,28-30,33,35-36H,4,7-8,10,12,15-20,22H2,1-3,5-6H3/b13-9+,26-14-,27-25-/t28-,29-,30+,31+,32+/m0/s1. The van der Waals surface area contributed by atoms with Gasteiger partial charge in [0.25, 0.3) is 0 Å². The average molecular weight is 515 g/mol. The van der Waals surface area contributed by atoms with E-state index in [1.165, 1.54) is 5.57 Å². The molecule has 3 N–H and O–H groups in total. The van der Waals surface area contributed by atoms with E-state index in [9.17, 15) is 20.1 Å². The number of carbonyl (C=O) groups is 1. The molecule has 2 fully saturated rings. The summed E-state index contributed by atoms with van der Waals surface area (Å²) in [5.41, 5.74) is 3.21. The van der Waals surface area contributed by atoms with Crippen LogP contribution in [0.15, 0.2) is 58.7 Å². The number of ether oxygens (including phenoxy) is 1. The van der Waals surface area contributed by atoms with Crippen molar-refractivity contribution in [2.45, 2.75) is 97.7 Å². The second-order valence-electron chi connectivity index (χ2n) is 11.4. The lowest BCUT2D eigenvalue weighted by Gasteiger charge is -2.55. The SMILES string of the molecule is C=C(/C=C/C=C(/COCC)[C@@H]1CC[C@]2([C@@H]1O)[C@@H](CCCO)/C(=C(/C)C=O)CC[C@@]2(C)O)CCC=C(C)C. The number of hydrogen-bond acceptors (Lipinski definition) is 5. The van der Waals surface area contributed by atoms with Gasteiger partial charge in [0.15, 0.2) is 0 Å². The fourth-order valence-corrected chi connectivity index (χ4v) is 6.60. The van der Waals surface area contributed by atoms with E-state index in [2.05, 4.69) is 26.5 Å². The highest BCUT2D eigenvalue weighted by Crippen LogP contribution is 2.62. The molecule has 0 radical (unpaired) electrons. The van der Waals surface area contributed by atoms with Crippen LogP contribution < -0.4 is 0 Å². The van der Waals surface area contributed by atoms with Crippen molar-refractivity contribution < 1.29 is 24.9 Å². The maximum atomic E-state index is 12.0. The van der Waals surface area contributed by atoms with Crippen LogP contribution in [0.25, 0.3) is 0 Å². The molecule has 2 rings (SSSR count). The lowest BCUT2D eigenvalue weighted by molar-refractivity contribution is -0.167. The van der Waals surface area contributed by atoms with Gasteiger partial charge in [-0.2, -0.15) is 0 Å². The quantitative estimate of drug-likeness (QED) is 0.121. The predicted molar refractivity (Wildman–Crippen MR) is 151 cm³/mol. The number of carbonyl (C=O) groups excluding carboxylic acids is 1. The van der Waals surface area contributed by atoms with E-state index < -0.39 is 17.1 Å². The Morgan fingerprint density at radius 1 is 1.24 bits per heavy atom.